The van der Waals surface area contributed by atoms with E-state index in [1.165, 1.54) is 12.3 Å². The van der Waals surface area contributed by atoms with Gasteiger partial charge >= 0.3 is 0 Å². The highest BCUT2D eigenvalue weighted by Crippen LogP contribution is 2.08. The summed E-state index contributed by atoms with van der Waals surface area (Å²) in [5.74, 6) is 0. The van der Waals surface area contributed by atoms with E-state index in [0.717, 1.165) is 0 Å². The first-order chi connectivity index (χ1) is 6.31. The van der Waals surface area contributed by atoms with Crippen LogP contribution in [0.4, 0.5) is 0 Å². The molecule has 0 amide bonds. The number of aromatic nitrogens is 2. The van der Waals surface area contributed by atoms with Gasteiger partial charge in [-0.15, -0.1) is 0 Å². The molecule has 0 saturated carbocycles. The molecule has 0 aliphatic heterocycles. The van der Waals surface area contributed by atoms with E-state index in [4.69, 9.17) is 4.84 Å². The highest BCUT2D eigenvalue weighted by molar-refractivity contribution is 7.89. The van der Waals surface area contributed by atoms with Gasteiger partial charge in [0.05, 0.1) is 11.8 Å². The molecule has 0 atom stereocenters. The lowest BCUT2D eigenvalue weighted by Crippen LogP contribution is -2.33. The maximum Gasteiger partial charge on any atom is 0.279 e. The lowest BCUT2D eigenvalue weighted by Gasteiger charge is -2.18. The molecule has 6 nitrogen and oxygen atoms in total. The molecular weight excluding hydrogens is 206 g/mol. The average molecular weight is 219 g/mol. The Labute approximate surface area is 82.7 Å². The predicted octanol–water partition coefficient (Wildman–Crippen LogP) is 0.418. The van der Waals surface area contributed by atoms with Crippen molar-refractivity contribution >= 4 is 10.0 Å². The number of nitrogens with one attached hydrogen (secondary N) is 2. The minimum atomic E-state index is -3.64. The van der Waals surface area contributed by atoms with Crippen molar-refractivity contribution in [2.24, 2.45) is 0 Å². The molecule has 0 bridgehead atoms. The first-order valence-electron chi connectivity index (χ1n) is 4.00. The Morgan fingerprint density at radius 1 is 1.50 bits per heavy atom. The molecule has 1 aromatic rings. The third-order valence-corrected chi connectivity index (χ3v) is 2.33. The highest BCUT2D eigenvalue weighted by atomic mass is 32.2. The summed E-state index contributed by atoms with van der Waals surface area (Å²) in [6.45, 7) is 5.22. The number of rotatable bonds is 3. The second-order valence-corrected chi connectivity index (χ2v) is 5.34. The van der Waals surface area contributed by atoms with Crippen LogP contribution in [-0.2, 0) is 14.9 Å². The molecule has 0 spiro atoms. The molecule has 0 aromatic carbocycles. The average Bonchev–Trinajstić information content (AvgIpc) is 2.52. The topological polar surface area (TPSA) is 84.1 Å². The molecule has 0 saturated heterocycles. The summed E-state index contributed by atoms with van der Waals surface area (Å²) in [7, 11) is -3.64. The Balaban J connectivity index is 2.70. The molecule has 1 heterocycles. The zero-order chi connectivity index (χ0) is 10.8. The Kier molecular flexibility index (Phi) is 2.93. The molecule has 0 aliphatic carbocycles. The number of sulfonamides is 1. The number of hydrogen-bond acceptors (Lipinski definition) is 4. The highest BCUT2D eigenvalue weighted by Gasteiger charge is 2.19. The summed E-state index contributed by atoms with van der Waals surface area (Å²) in [6, 6.07) is 1.34. The summed E-state index contributed by atoms with van der Waals surface area (Å²) in [6.07, 6.45) is 1.35. The first-order valence-corrected chi connectivity index (χ1v) is 5.49. The molecule has 80 valence electrons. The Hall–Kier alpha value is -0.920. The first kappa shape index (κ1) is 11.2. The molecule has 0 unspecified atom stereocenters. The number of hydrogen-bond donors (Lipinski definition) is 2. The second-order valence-electron chi connectivity index (χ2n) is 3.72. The lowest BCUT2D eigenvalue weighted by molar-refractivity contribution is -0.0358. The Morgan fingerprint density at radius 3 is 2.57 bits per heavy atom. The van der Waals surface area contributed by atoms with Crippen molar-refractivity contribution in [3.8, 4) is 0 Å². The van der Waals surface area contributed by atoms with Crippen LogP contribution in [0.5, 0.6) is 0 Å². The van der Waals surface area contributed by atoms with Crippen LogP contribution in [-0.4, -0.2) is 24.2 Å². The van der Waals surface area contributed by atoms with Gasteiger partial charge in [-0.3, -0.25) is 9.94 Å². The van der Waals surface area contributed by atoms with E-state index in [-0.39, 0.29) is 5.03 Å². The normalized spacial score (nSPS) is 13.1. The lowest BCUT2D eigenvalue weighted by atomic mass is 10.2. The van der Waals surface area contributed by atoms with Gasteiger partial charge in [-0.05, 0) is 26.8 Å². The second kappa shape index (κ2) is 3.68. The molecule has 0 aliphatic rings. The maximum absolute atomic E-state index is 11.4. The molecule has 7 heteroatoms. The molecule has 14 heavy (non-hydrogen) atoms. The van der Waals surface area contributed by atoms with Crippen molar-refractivity contribution in [1.29, 1.82) is 0 Å². The van der Waals surface area contributed by atoms with E-state index in [9.17, 15) is 8.42 Å². The quantitative estimate of drug-likeness (QED) is 0.721. The fourth-order valence-corrected chi connectivity index (χ4v) is 1.48. The third kappa shape index (κ3) is 3.09. The van der Waals surface area contributed by atoms with Crippen molar-refractivity contribution in [1.82, 2.24) is 15.1 Å². The SMILES string of the molecule is CC(C)(C)ONS(=O)(=O)c1ccn[nH]1. The Bertz CT molecular complexity index is 377. The zero-order valence-corrected chi connectivity index (χ0v) is 9.05. The van der Waals surface area contributed by atoms with E-state index in [1.54, 1.807) is 20.8 Å². The molecule has 0 radical (unpaired) electrons. The van der Waals surface area contributed by atoms with E-state index in [2.05, 4.69) is 10.2 Å². The Morgan fingerprint density at radius 2 is 2.14 bits per heavy atom. The maximum atomic E-state index is 11.4. The van der Waals surface area contributed by atoms with Gasteiger partial charge in [-0.25, -0.2) is 8.42 Å². The van der Waals surface area contributed by atoms with Crippen molar-refractivity contribution in [3.63, 3.8) is 0 Å². The van der Waals surface area contributed by atoms with Crippen molar-refractivity contribution in [2.75, 3.05) is 0 Å². The van der Waals surface area contributed by atoms with Crippen molar-refractivity contribution < 1.29 is 13.3 Å². The van der Waals surface area contributed by atoms with Crippen molar-refractivity contribution in [3.05, 3.63) is 12.3 Å². The third-order valence-electron chi connectivity index (χ3n) is 1.22. The van der Waals surface area contributed by atoms with Gasteiger partial charge in [-0.1, -0.05) is 4.89 Å². The van der Waals surface area contributed by atoms with Gasteiger partial charge in [0.1, 0.15) is 0 Å². The standard InChI is InChI=1S/C7H13N3O3S/c1-7(2,3)13-10-14(11,12)6-4-5-8-9-6/h4-5,10H,1-3H3,(H,8,9). The van der Waals surface area contributed by atoms with E-state index < -0.39 is 15.6 Å². The van der Waals surface area contributed by atoms with Crippen LogP contribution >= 0.6 is 0 Å². The van der Waals surface area contributed by atoms with Crippen LogP contribution in [0.15, 0.2) is 17.3 Å². The minimum absolute atomic E-state index is 0.0262. The van der Waals surface area contributed by atoms with Crippen LogP contribution in [0.3, 0.4) is 0 Å². The molecular formula is C7H13N3O3S. The van der Waals surface area contributed by atoms with Gasteiger partial charge in [0.2, 0.25) is 0 Å². The largest absolute Gasteiger partial charge is 0.281 e. The predicted molar refractivity (Wildman–Crippen MR) is 49.7 cm³/mol. The van der Waals surface area contributed by atoms with Crippen molar-refractivity contribution in [2.45, 2.75) is 31.4 Å². The fourth-order valence-electron chi connectivity index (χ4n) is 0.618. The molecule has 0 fully saturated rings. The van der Waals surface area contributed by atoms with Crippen LogP contribution in [0.1, 0.15) is 20.8 Å². The van der Waals surface area contributed by atoms with Gasteiger partial charge in [-0.2, -0.15) is 5.10 Å². The molecule has 2 N–H and O–H groups in total. The zero-order valence-electron chi connectivity index (χ0n) is 8.23. The summed E-state index contributed by atoms with van der Waals surface area (Å²) >= 11 is 0. The van der Waals surface area contributed by atoms with Crippen LogP contribution in [0.2, 0.25) is 0 Å². The van der Waals surface area contributed by atoms with Gasteiger partial charge in [0.25, 0.3) is 10.0 Å². The van der Waals surface area contributed by atoms with Crippen LogP contribution < -0.4 is 4.89 Å². The summed E-state index contributed by atoms with van der Waals surface area (Å²) in [5, 5.41) is 5.84. The molecule has 1 aromatic heterocycles. The van der Waals surface area contributed by atoms with E-state index in [0.29, 0.717) is 0 Å². The smallest absolute Gasteiger partial charge is 0.279 e. The fraction of sp³-hybridized carbons (Fsp3) is 0.571. The minimum Gasteiger partial charge on any atom is -0.281 e. The summed E-state index contributed by atoms with van der Waals surface area (Å²) < 4.78 is 22.9. The van der Waals surface area contributed by atoms with E-state index in [1.807, 2.05) is 4.89 Å². The summed E-state index contributed by atoms with van der Waals surface area (Å²) in [5.41, 5.74) is -0.576. The number of H-pyrrole nitrogens is 1. The molecule has 1 rings (SSSR count). The van der Waals surface area contributed by atoms with Gasteiger partial charge in [0.15, 0.2) is 5.03 Å². The number of nitrogens with zero attached hydrogens (tertiary/aromatic N) is 1. The van der Waals surface area contributed by atoms with Crippen LogP contribution in [0.25, 0.3) is 0 Å². The van der Waals surface area contributed by atoms with Gasteiger partial charge < -0.3 is 0 Å². The van der Waals surface area contributed by atoms with E-state index >= 15 is 0 Å². The summed E-state index contributed by atoms with van der Waals surface area (Å²) in [4.78, 5) is 6.93. The monoisotopic (exact) mass is 219 g/mol. The van der Waals surface area contributed by atoms with Gasteiger partial charge in [0, 0.05) is 0 Å². The van der Waals surface area contributed by atoms with Crippen LogP contribution in [0, 0.1) is 0 Å². The number of aromatic amines is 1.